The summed E-state index contributed by atoms with van der Waals surface area (Å²) >= 11 is 0. The molecule has 0 aromatic heterocycles. The summed E-state index contributed by atoms with van der Waals surface area (Å²) in [5.74, 6) is -1.66. The SMILES string of the molecule is OC1(CNCc2ccc(F)c(F)c2)CCCC1. The number of halogens is 2. The molecule has 0 amide bonds. The molecule has 0 unspecified atom stereocenters. The Labute approximate surface area is 99.7 Å². The molecule has 1 aromatic carbocycles. The van der Waals surface area contributed by atoms with Crippen molar-refractivity contribution in [3.8, 4) is 0 Å². The number of aliphatic hydroxyl groups is 1. The Morgan fingerprint density at radius 3 is 2.53 bits per heavy atom. The summed E-state index contributed by atoms with van der Waals surface area (Å²) in [6.45, 7) is 0.950. The van der Waals surface area contributed by atoms with E-state index in [1.807, 2.05) is 0 Å². The maximum Gasteiger partial charge on any atom is 0.159 e. The molecule has 1 aliphatic carbocycles. The third-order valence-corrected chi connectivity index (χ3v) is 3.30. The zero-order chi connectivity index (χ0) is 12.3. The van der Waals surface area contributed by atoms with Crippen LogP contribution in [0.15, 0.2) is 18.2 Å². The van der Waals surface area contributed by atoms with Gasteiger partial charge >= 0.3 is 0 Å². The number of nitrogens with one attached hydrogen (secondary N) is 1. The highest BCUT2D eigenvalue weighted by Gasteiger charge is 2.30. The van der Waals surface area contributed by atoms with E-state index < -0.39 is 17.2 Å². The third-order valence-electron chi connectivity index (χ3n) is 3.30. The molecule has 0 radical (unpaired) electrons. The van der Waals surface area contributed by atoms with Crippen LogP contribution in [0.4, 0.5) is 8.78 Å². The van der Waals surface area contributed by atoms with Crippen molar-refractivity contribution in [2.75, 3.05) is 6.54 Å². The lowest BCUT2D eigenvalue weighted by Crippen LogP contribution is -2.37. The topological polar surface area (TPSA) is 32.3 Å². The van der Waals surface area contributed by atoms with Gasteiger partial charge in [0.05, 0.1) is 5.60 Å². The Hall–Kier alpha value is -1.00. The van der Waals surface area contributed by atoms with Crippen molar-refractivity contribution >= 4 is 0 Å². The van der Waals surface area contributed by atoms with Crippen LogP contribution in [0.1, 0.15) is 31.2 Å². The molecule has 0 heterocycles. The first kappa shape index (κ1) is 12.5. The Kier molecular flexibility index (Phi) is 3.74. The fourth-order valence-electron chi connectivity index (χ4n) is 2.30. The molecule has 1 saturated carbocycles. The number of hydrogen-bond donors (Lipinski definition) is 2. The average molecular weight is 241 g/mol. The van der Waals surface area contributed by atoms with Gasteiger partial charge in [0.2, 0.25) is 0 Å². The second-order valence-corrected chi connectivity index (χ2v) is 4.78. The van der Waals surface area contributed by atoms with E-state index in [2.05, 4.69) is 5.32 Å². The van der Waals surface area contributed by atoms with E-state index >= 15 is 0 Å². The van der Waals surface area contributed by atoms with Gasteiger partial charge in [0, 0.05) is 13.1 Å². The molecule has 94 valence electrons. The van der Waals surface area contributed by atoms with Crippen LogP contribution in [0.3, 0.4) is 0 Å². The largest absolute Gasteiger partial charge is 0.389 e. The summed E-state index contributed by atoms with van der Waals surface area (Å²) in [5.41, 5.74) is 0.0731. The van der Waals surface area contributed by atoms with Gasteiger partial charge in [-0.1, -0.05) is 18.9 Å². The summed E-state index contributed by atoms with van der Waals surface area (Å²) in [6, 6.07) is 3.85. The van der Waals surface area contributed by atoms with Crippen molar-refractivity contribution in [2.24, 2.45) is 0 Å². The second-order valence-electron chi connectivity index (χ2n) is 4.78. The minimum Gasteiger partial charge on any atom is -0.389 e. The molecule has 1 aromatic rings. The van der Waals surface area contributed by atoms with E-state index in [-0.39, 0.29) is 0 Å². The average Bonchev–Trinajstić information content (AvgIpc) is 2.71. The van der Waals surface area contributed by atoms with E-state index in [1.165, 1.54) is 6.07 Å². The second kappa shape index (κ2) is 5.10. The van der Waals surface area contributed by atoms with E-state index in [9.17, 15) is 13.9 Å². The Morgan fingerprint density at radius 2 is 1.88 bits per heavy atom. The minimum atomic E-state index is -0.830. The summed E-state index contributed by atoms with van der Waals surface area (Å²) in [7, 11) is 0. The lowest BCUT2D eigenvalue weighted by atomic mass is 10.0. The third kappa shape index (κ3) is 3.23. The lowest BCUT2D eigenvalue weighted by Gasteiger charge is -2.22. The molecule has 2 nitrogen and oxygen atoms in total. The molecule has 0 atom stereocenters. The van der Waals surface area contributed by atoms with Gasteiger partial charge in [0.1, 0.15) is 0 Å². The van der Waals surface area contributed by atoms with Crippen molar-refractivity contribution < 1.29 is 13.9 Å². The molecule has 17 heavy (non-hydrogen) atoms. The quantitative estimate of drug-likeness (QED) is 0.848. The molecule has 0 aliphatic heterocycles. The van der Waals surface area contributed by atoms with Crippen LogP contribution in [0.25, 0.3) is 0 Å². The van der Waals surface area contributed by atoms with Gasteiger partial charge in [-0.2, -0.15) is 0 Å². The Balaban J connectivity index is 1.83. The molecule has 0 bridgehead atoms. The first-order valence-electron chi connectivity index (χ1n) is 5.96. The zero-order valence-corrected chi connectivity index (χ0v) is 9.68. The highest BCUT2D eigenvalue weighted by molar-refractivity contribution is 5.17. The number of rotatable bonds is 4. The molecule has 0 saturated heterocycles. The van der Waals surface area contributed by atoms with Crippen LogP contribution in [0.2, 0.25) is 0 Å². The van der Waals surface area contributed by atoms with Crippen molar-refractivity contribution in [1.82, 2.24) is 5.32 Å². The van der Waals surface area contributed by atoms with Crippen LogP contribution in [0.5, 0.6) is 0 Å². The fraction of sp³-hybridized carbons (Fsp3) is 0.538. The first-order valence-corrected chi connectivity index (χ1v) is 5.96. The van der Waals surface area contributed by atoms with Crippen molar-refractivity contribution in [3.63, 3.8) is 0 Å². The molecule has 1 aliphatic rings. The first-order chi connectivity index (χ1) is 8.09. The van der Waals surface area contributed by atoms with Crippen molar-refractivity contribution in [2.45, 2.75) is 37.8 Å². The van der Waals surface area contributed by atoms with E-state index in [1.54, 1.807) is 6.07 Å². The molecular weight excluding hydrogens is 224 g/mol. The number of benzene rings is 1. The highest BCUT2D eigenvalue weighted by Crippen LogP contribution is 2.28. The predicted octanol–water partition coefficient (Wildman–Crippen LogP) is 2.36. The molecular formula is C13H17F2NO. The van der Waals surface area contributed by atoms with Gasteiger partial charge in [-0.3, -0.25) is 0 Å². The summed E-state index contributed by atoms with van der Waals surface area (Å²) < 4.78 is 25.6. The Bertz CT molecular complexity index is 389. The molecule has 0 spiro atoms. The van der Waals surface area contributed by atoms with Gasteiger partial charge in [0.25, 0.3) is 0 Å². The maximum atomic E-state index is 12.9. The summed E-state index contributed by atoms with van der Waals surface area (Å²) in [4.78, 5) is 0. The molecule has 4 heteroatoms. The normalized spacial score (nSPS) is 18.5. The predicted molar refractivity (Wildman–Crippen MR) is 61.5 cm³/mol. The van der Waals surface area contributed by atoms with E-state index in [4.69, 9.17) is 0 Å². The van der Waals surface area contributed by atoms with Crippen molar-refractivity contribution in [3.05, 3.63) is 35.4 Å². The van der Waals surface area contributed by atoms with Gasteiger partial charge in [-0.25, -0.2) is 8.78 Å². The lowest BCUT2D eigenvalue weighted by molar-refractivity contribution is 0.0475. The Morgan fingerprint density at radius 1 is 1.18 bits per heavy atom. The van der Waals surface area contributed by atoms with Crippen LogP contribution in [-0.4, -0.2) is 17.3 Å². The minimum absolute atomic E-state index is 0.444. The standard InChI is InChI=1S/C13H17F2NO/c14-11-4-3-10(7-12(11)15)8-16-9-13(17)5-1-2-6-13/h3-4,7,16-17H,1-2,5-6,8-9H2. The fourth-order valence-corrected chi connectivity index (χ4v) is 2.30. The van der Waals surface area contributed by atoms with Gasteiger partial charge in [-0.05, 0) is 30.5 Å². The van der Waals surface area contributed by atoms with Gasteiger partial charge in [-0.15, -0.1) is 0 Å². The van der Waals surface area contributed by atoms with Crippen LogP contribution < -0.4 is 5.32 Å². The van der Waals surface area contributed by atoms with Crippen LogP contribution in [0, 0.1) is 11.6 Å². The molecule has 1 fully saturated rings. The summed E-state index contributed by atoms with van der Waals surface area (Å²) in [5, 5.41) is 13.2. The molecule has 2 rings (SSSR count). The van der Waals surface area contributed by atoms with Crippen LogP contribution in [-0.2, 0) is 6.54 Å². The monoisotopic (exact) mass is 241 g/mol. The molecule has 2 N–H and O–H groups in total. The van der Waals surface area contributed by atoms with E-state index in [0.717, 1.165) is 31.7 Å². The summed E-state index contributed by atoms with van der Waals surface area (Å²) in [6.07, 6.45) is 3.75. The van der Waals surface area contributed by atoms with Crippen molar-refractivity contribution in [1.29, 1.82) is 0 Å². The van der Waals surface area contributed by atoms with E-state index in [0.29, 0.717) is 18.7 Å². The highest BCUT2D eigenvalue weighted by atomic mass is 19.2. The zero-order valence-electron chi connectivity index (χ0n) is 9.68. The smallest absolute Gasteiger partial charge is 0.159 e. The van der Waals surface area contributed by atoms with Gasteiger partial charge < -0.3 is 10.4 Å². The van der Waals surface area contributed by atoms with Crippen LogP contribution >= 0.6 is 0 Å². The van der Waals surface area contributed by atoms with Gasteiger partial charge in [0.15, 0.2) is 11.6 Å². The maximum absolute atomic E-state index is 12.9. The number of hydrogen-bond acceptors (Lipinski definition) is 2.